The fourth-order valence-electron chi connectivity index (χ4n) is 3.34. The smallest absolute Gasteiger partial charge is 0.237 e. The van der Waals surface area contributed by atoms with Crippen molar-refractivity contribution in [1.82, 2.24) is 10.6 Å². The van der Waals surface area contributed by atoms with Gasteiger partial charge in [-0.05, 0) is 55.7 Å². The number of fused-ring (bicyclic) bond motifs is 1. The van der Waals surface area contributed by atoms with Gasteiger partial charge in [0.05, 0.1) is 18.2 Å². The van der Waals surface area contributed by atoms with E-state index in [2.05, 4.69) is 28.8 Å². The van der Waals surface area contributed by atoms with Gasteiger partial charge in [0, 0.05) is 6.54 Å². The highest BCUT2D eigenvalue weighted by atomic mass is 16.3. The molecule has 4 nitrogen and oxygen atoms in total. The van der Waals surface area contributed by atoms with E-state index in [0.717, 1.165) is 6.42 Å². The van der Waals surface area contributed by atoms with Crippen molar-refractivity contribution in [3.8, 4) is 0 Å². The zero-order valence-corrected chi connectivity index (χ0v) is 12.6. The molecule has 1 heterocycles. The van der Waals surface area contributed by atoms with E-state index >= 15 is 0 Å². The molecule has 0 radical (unpaired) electrons. The lowest BCUT2D eigenvalue weighted by Gasteiger charge is -2.21. The molecular weight excluding hydrogens is 264 g/mol. The number of aliphatic hydroxyl groups excluding tert-OH is 1. The van der Waals surface area contributed by atoms with Crippen molar-refractivity contribution in [2.24, 2.45) is 0 Å². The molecule has 1 aromatic carbocycles. The molecular formula is C17H24N2O2. The summed E-state index contributed by atoms with van der Waals surface area (Å²) in [5, 5.41) is 15.6. The Labute approximate surface area is 125 Å². The third-order valence-corrected chi connectivity index (χ3v) is 4.66. The molecule has 2 aliphatic rings. The number of benzene rings is 1. The molecule has 4 heteroatoms. The van der Waals surface area contributed by atoms with Crippen molar-refractivity contribution in [3.05, 3.63) is 34.9 Å². The summed E-state index contributed by atoms with van der Waals surface area (Å²) < 4.78 is 0. The van der Waals surface area contributed by atoms with Gasteiger partial charge in [0.25, 0.3) is 0 Å². The minimum Gasteiger partial charge on any atom is -0.392 e. The number of β-amino-alcohol motifs (C(OH)–C–C–N with tert-alkyl or cyclic N) is 1. The lowest BCUT2D eigenvalue weighted by molar-refractivity contribution is -0.123. The number of hydrogen-bond acceptors (Lipinski definition) is 3. The third-order valence-electron chi connectivity index (χ3n) is 4.66. The zero-order valence-electron chi connectivity index (χ0n) is 12.6. The van der Waals surface area contributed by atoms with Gasteiger partial charge in [0.15, 0.2) is 0 Å². The summed E-state index contributed by atoms with van der Waals surface area (Å²) in [5.74, 6) is -0.0169. The van der Waals surface area contributed by atoms with Gasteiger partial charge in [-0.3, -0.25) is 4.79 Å². The summed E-state index contributed by atoms with van der Waals surface area (Å²) >= 11 is 0. The highest BCUT2D eigenvalue weighted by molar-refractivity contribution is 5.82. The maximum absolute atomic E-state index is 12.2. The van der Waals surface area contributed by atoms with Crippen LogP contribution in [0.25, 0.3) is 0 Å². The van der Waals surface area contributed by atoms with Crippen LogP contribution in [0.5, 0.6) is 0 Å². The lowest BCUT2D eigenvalue weighted by atomic mass is 9.89. The number of aryl methyl sites for hydroxylation is 2. The SMILES string of the molecule is C[C@H](NC(=O)[C@H]1C[C@@H](O)CN1)c1ccc2c(c1)CCCC2. The highest BCUT2D eigenvalue weighted by Gasteiger charge is 2.28. The van der Waals surface area contributed by atoms with E-state index in [4.69, 9.17) is 0 Å². The third kappa shape index (κ3) is 3.27. The molecule has 21 heavy (non-hydrogen) atoms. The van der Waals surface area contributed by atoms with Crippen molar-refractivity contribution in [2.75, 3.05) is 6.54 Å². The number of rotatable bonds is 3. The van der Waals surface area contributed by atoms with Crippen LogP contribution < -0.4 is 10.6 Å². The Hall–Kier alpha value is -1.39. The molecule has 1 fully saturated rings. The standard InChI is InChI=1S/C17H24N2O2/c1-11(19-17(21)16-9-15(20)10-18-16)13-7-6-12-4-2-3-5-14(12)8-13/h6-8,11,15-16,18,20H,2-5,9-10H2,1H3,(H,19,21)/t11-,15+,16+/m0/s1. The van der Waals surface area contributed by atoms with Crippen molar-refractivity contribution < 1.29 is 9.90 Å². The number of carbonyl (C=O) groups excluding carboxylic acids is 1. The molecule has 0 aromatic heterocycles. The zero-order chi connectivity index (χ0) is 14.8. The maximum atomic E-state index is 12.2. The number of aliphatic hydroxyl groups is 1. The molecule has 0 saturated carbocycles. The van der Waals surface area contributed by atoms with Crippen LogP contribution in [0.4, 0.5) is 0 Å². The predicted molar refractivity (Wildman–Crippen MR) is 82.1 cm³/mol. The minimum atomic E-state index is -0.403. The Kier molecular flexibility index (Phi) is 4.27. The van der Waals surface area contributed by atoms with Gasteiger partial charge in [-0.2, -0.15) is 0 Å². The number of hydrogen-bond donors (Lipinski definition) is 3. The molecule has 1 aliphatic heterocycles. The Morgan fingerprint density at radius 3 is 2.81 bits per heavy atom. The Bertz CT molecular complexity index is 530. The second kappa shape index (κ2) is 6.16. The molecule has 3 rings (SSSR count). The average Bonchev–Trinajstić information content (AvgIpc) is 2.93. The number of carbonyl (C=O) groups is 1. The maximum Gasteiger partial charge on any atom is 0.237 e. The van der Waals surface area contributed by atoms with E-state index in [-0.39, 0.29) is 18.0 Å². The second-order valence-corrected chi connectivity index (χ2v) is 6.32. The predicted octanol–water partition coefficient (Wildman–Crippen LogP) is 1.47. The average molecular weight is 288 g/mol. The van der Waals surface area contributed by atoms with Crippen LogP contribution >= 0.6 is 0 Å². The molecule has 0 spiro atoms. The summed E-state index contributed by atoms with van der Waals surface area (Å²) in [6.07, 6.45) is 4.98. The van der Waals surface area contributed by atoms with E-state index < -0.39 is 6.10 Å². The van der Waals surface area contributed by atoms with Crippen molar-refractivity contribution in [3.63, 3.8) is 0 Å². The molecule has 1 amide bonds. The molecule has 3 N–H and O–H groups in total. The summed E-state index contributed by atoms with van der Waals surface area (Å²) in [7, 11) is 0. The largest absolute Gasteiger partial charge is 0.392 e. The van der Waals surface area contributed by atoms with E-state index in [1.807, 2.05) is 6.92 Å². The van der Waals surface area contributed by atoms with E-state index in [9.17, 15) is 9.90 Å². The lowest BCUT2D eigenvalue weighted by Crippen LogP contribution is -2.41. The van der Waals surface area contributed by atoms with Gasteiger partial charge < -0.3 is 15.7 Å². The quantitative estimate of drug-likeness (QED) is 0.789. The van der Waals surface area contributed by atoms with Crippen LogP contribution in [0.15, 0.2) is 18.2 Å². The summed E-state index contributed by atoms with van der Waals surface area (Å²) in [5.41, 5.74) is 4.07. The first kappa shape index (κ1) is 14.5. The van der Waals surface area contributed by atoms with Crippen LogP contribution in [-0.4, -0.2) is 29.7 Å². The van der Waals surface area contributed by atoms with Crippen LogP contribution in [0.2, 0.25) is 0 Å². The summed E-state index contributed by atoms with van der Waals surface area (Å²) in [4.78, 5) is 12.2. The Morgan fingerprint density at radius 1 is 1.33 bits per heavy atom. The van der Waals surface area contributed by atoms with Crippen molar-refractivity contribution in [2.45, 2.75) is 57.2 Å². The van der Waals surface area contributed by atoms with Crippen molar-refractivity contribution >= 4 is 5.91 Å². The van der Waals surface area contributed by atoms with Crippen LogP contribution in [0.3, 0.4) is 0 Å². The van der Waals surface area contributed by atoms with Gasteiger partial charge in [-0.15, -0.1) is 0 Å². The Balaban J connectivity index is 1.65. The van der Waals surface area contributed by atoms with Gasteiger partial charge in [0.1, 0.15) is 0 Å². The molecule has 1 saturated heterocycles. The van der Waals surface area contributed by atoms with Gasteiger partial charge in [0.2, 0.25) is 5.91 Å². The second-order valence-electron chi connectivity index (χ2n) is 6.32. The first-order valence-corrected chi connectivity index (χ1v) is 7.97. The van der Waals surface area contributed by atoms with Crippen molar-refractivity contribution in [1.29, 1.82) is 0 Å². The van der Waals surface area contributed by atoms with Gasteiger partial charge >= 0.3 is 0 Å². The summed E-state index contributed by atoms with van der Waals surface area (Å²) in [6.45, 7) is 2.53. The topological polar surface area (TPSA) is 61.4 Å². The van der Waals surface area contributed by atoms with Gasteiger partial charge in [-0.25, -0.2) is 0 Å². The fourth-order valence-corrected chi connectivity index (χ4v) is 3.34. The van der Waals surface area contributed by atoms with E-state index in [0.29, 0.717) is 13.0 Å². The first-order valence-electron chi connectivity index (χ1n) is 7.97. The highest BCUT2D eigenvalue weighted by Crippen LogP contribution is 2.25. The molecule has 1 aliphatic carbocycles. The molecule has 3 atom stereocenters. The molecule has 0 unspecified atom stereocenters. The fraction of sp³-hybridized carbons (Fsp3) is 0.588. The normalized spacial score (nSPS) is 26.2. The molecule has 0 bridgehead atoms. The number of nitrogens with one attached hydrogen (secondary N) is 2. The molecule has 114 valence electrons. The molecule has 1 aromatic rings. The van der Waals surface area contributed by atoms with E-state index in [1.165, 1.54) is 36.0 Å². The van der Waals surface area contributed by atoms with Crippen LogP contribution in [0, 0.1) is 0 Å². The number of amides is 1. The van der Waals surface area contributed by atoms with Crippen LogP contribution in [0.1, 0.15) is 48.9 Å². The van der Waals surface area contributed by atoms with Gasteiger partial charge in [-0.1, -0.05) is 18.2 Å². The monoisotopic (exact) mass is 288 g/mol. The first-order chi connectivity index (χ1) is 10.1. The summed E-state index contributed by atoms with van der Waals surface area (Å²) in [6, 6.07) is 6.33. The minimum absolute atomic E-state index is 0.00395. The Morgan fingerprint density at radius 2 is 2.10 bits per heavy atom. The van der Waals surface area contributed by atoms with Crippen LogP contribution in [-0.2, 0) is 17.6 Å². The van der Waals surface area contributed by atoms with E-state index in [1.54, 1.807) is 0 Å².